The first-order valence-corrected chi connectivity index (χ1v) is 6.64. The Kier molecular flexibility index (Phi) is 4.21. The second-order valence-electron chi connectivity index (χ2n) is 4.42. The van der Waals surface area contributed by atoms with E-state index in [2.05, 4.69) is 0 Å². The second-order valence-corrected chi connectivity index (χ2v) is 5.23. The highest BCUT2D eigenvalue weighted by Gasteiger charge is 2.22. The fourth-order valence-electron chi connectivity index (χ4n) is 2.11. The van der Waals surface area contributed by atoms with Gasteiger partial charge >= 0.3 is 11.9 Å². The average molecular weight is 325 g/mol. The van der Waals surface area contributed by atoms with Crippen LogP contribution in [-0.4, -0.2) is 22.2 Å². The molecule has 21 heavy (non-hydrogen) atoms. The lowest BCUT2D eigenvalue weighted by Crippen LogP contribution is -2.09. The van der Waals surface area contributed by atoms with E-state index in [0.717, 1.165) is 0 Å². The molecule has 0 aliphatic rings. The molecular weight excluding hydrogens is 315 g/mol. The molecule has 0 fully saturated rings. The van der Waals surface area contributed by atoms with Gasteiger partial charge in [-0.1, -0.05) is 35.3 Å². The number of hydrogen-bond donors (Lipinski definition) is 2. The summed E-state index contributed by atoms with van der Waals surface area (Å²) in [6.07, 6.45) is 0. The highest BCUT2D eigenvalue weighted by molar-refractivity contribution is 6.42. The lowest BCUT2D eigenvalue weighted by Gasteiger charge is -2.13. The number of carboxylic acids is 2. The summed E-state index contributed by atoms with van der Waals surface area (Å²) in [5.74, 6) is -2.41. The molecule has 2 N–H and O–H groups in total. The Bertz CT molecular complexity index is 754. The predicted octanol–water partition coefficient (Wildman–Crippen LogP) is 4.37. The zero-order valence-corrected chi connectivity index (χ0v) is 12.4. The van der Waals surface area contributed by atoms with Gasteiger partial charge in [-0.25, -0.2) is 9.59 Å². The summed E-state index contributed by atoms with van der Waals surface area (Å²) in [6.45, 7) is 1.61. The van der Waals surface area contributed by atoms with Crippen LogP contribution in [0.5, 0.6) is 0 Å². The van der Waals surface area contributed by atoms with Crippen molar-refractivity contribution in [2.45, 2.75) is 6.92 Å². The Morgan fingerprint density at radius 2 is 1.62 bits per heavy atom. The molecule has 0 amide bonds. The predicted molar refractivity (Wildman–Crippen MR) is 80.6 cm³/mol. The zero-order chi connectivity index (χ0) is 15.7. The summed E-state index contributed by atoms with van der Waals surface area (Å²) in [5, 5.41) is 19.2. The number of benzene rings is 2. The summed E-state index contributed by atoms with van der Waals surface area (Å²) >= 11 is 11.8. The fraction of sp³-hybridized carbons (Fsp3) is 0.0667. The molecule has 108 valence electrons. The van der Waals surface area contributed by atoms with Gasteiger partial charge in [0.05, 0.1) is 21.2 Å². The summed E-state index contributed by atoms with van der Waals surface area (Å²) in [4.78, 5) is 22.9. The van der Waals surface area contributed by atoms with Gasteiger partial charge in [0.25, 0.3) is 0 Å². The Morgan fingerprint density at radius 1 is 0.952 bits per heavy atom. The lowest BCUT2D eigenvalue weighted by atomic mass is 9.91. The van der Waals surface area contributed by atoms with Crippen molar-refractivity contribution in [2.75, 3.05) is 0 Å². The van der Waals surface area contributed by atoms with E-state index in [9.17, 15) is 19.8 Å². The molecule has 4 nitrogen and oxygen atoms in total. The maximum atomic E-state index is 11.5. The number of halogens is 2. The van der Waals surface area contributed by atoms with Gasteiger partial charge in [0.2, 0.25) is 0 Å². The van der Waals surface area contributed by atoms with Gasteiger partial charge in [-0.05, 0) is 36.2 Å². The molecule has 0 unspecified atom stereocenters. The standard InChI is InChI=1S/C15H10Cl2O4/c1-7-2-4-9(14(18)19)13(12(7)15(20)21)8-3-5-10(16)11(17)6-8/h2-6H,1H3,(H,18,19)(H,20,21). The summed E-state index contributed by atoms with van der Waals surface area (Å²) in [6, 6.07) is 7.34. The first kappa shape index (κ1) is 15.4. The first-order chi connectivity index (χ1) is 9.82. The maximum Gasteiger partial charge on any atom is 0.336 e. The third-order valence-corrected chi connectivity index (χ3v) is 3.81. The van der Waals surface area contributed by atoms with Crippen LogP contribution >= 0.6 is 23.2 Å². The van der Waals surface area contributed by atoms with Crippen LogP contribution in [0, 0.1) is 6.92 Å². The summed E-state index contributed by atoms with van der Waals surface area (Å²) < 4.78 is 0. The number of aryl methyl sites for hydroxylation is 1. The molecule has 0 saturated heterocycles. The molecule has 0 aromatic heterocycles. The van der Waals surface area contributed by atoms with Crippen LogP contribution in [0.3, 0.4) is 0 Å². The van der Waals surface area contributed by atoms with Gasteiger partial charge in [-0.3, -0.25) is 0 Å². The molecule has 0 heterocycles. The third kappa shape index (κ3) is 2.86. The Hall–Kier alpha value is -2.04. The normalized spacial score (nSPS) is 10.4. The van der Waals surface area contributed by atoms with Crippen LogP contribution in [0.4, 0.5) is 0 Å². The van der Waals surface area contributed by atoms with Gasteiger partial charge in [0.1, 0.15) is 0 Å². The number of carbonyl (C=O) groups is 2. The van der Waals surface area contributed by atoms with E-state index in [1.807, 2.05) is 0 Å². The summed E-state index contributed by atoms with van der Waals surface area (Å²) in [7, 11) is 0. The second kappa shape index (κ2) is 5.76. The zero-order valence-electron chi connectivity index (χ0n) is 10.9. The van der Waals surface area contributed by atoms with E-state index in [1.54, 1.807) is 13.0 Å². The van der Waals surface area contributed by atoms with E-state index in [-0.39, 0.29) is 21.7 Å². The van der Waals surface area contributed by atoms with E-state index in [0.29, 0.717) is 16.1 Å². The number of hydrogen-bond acceptors (Lipinski definition) is 2. The maximum absolute atomic E-state index is 11.5. The van der Waals surface area contributed by atoms with E-state index < -0.39 is 11.9 Å². The van der Waals surface area contributed by atoms with Crippen molar-refractivity contribution in [2.24, 2.45) is 0 Å². The smallest absolute Gasteiger partial charge is 0.336 e. The van der Waals surface area contributed by atoms with Crippen LogP contribution in [-0.2, 0) is 0 Å². The lowest BCUT2D eigenvalue weighted by molar-refractivity contribution is 0.0695. The van der Waals surface area contributed by atoms with Crippen molar-refractivity contribution < 1.29 is 19.8 Å². The van der Waals surface area contributed by atoms with Crippen molar-refractivity contribution in [3.63, 3.8) is 0 Å². The molecule has 2 aromatic rings. The van der Waals surface area contributed by atoms with Crippen molar-refractivity contribution >= 4 is 35.1 Å². The molecule has 2 aromatic carbocycles. The van der Waals surface area contributed by atoms with Gasteiger partial charge in [-0.15, -0.1) is 0 Å². The molecule has 2 rings (SSSR count). The van der Waals surface area contributed by atoms with Gasteiger partial charge < -0.3 is 10.2 Å². The van der Waals surface area contributed by atoms with E-state index in [1.165, 1.54) is 24.3 Å². The van der Waals surface area contributed by atoms with Crippen LogP contribution < -0.4 is 0 Å². The van der Waals surface area contributed by atoms with Crippen molar-refractivity contribution in [3.8, 4) is 11.1 Å². The third-order valence-electron chi connectivity index (χ3n) is 3.07. The molecule has 0 bridgehead atoms. The van der Waals surface area contributed by atoms with Crippen LogP contribution in [0.2, 0.25) is 10.0 Å². The SMILES string of the molecule is Cc1ccc(C(=O)O)c(-c2ccc(Cl)c(Cl)c2)c1C(=O)O. The molecule has 0 atom stereocenters. The number of aromatic carboxylic acids is 2. The minimum absolute atomic E-state index is 0.0618. The number of rotatable bonds is 3. The molecule has 6 heteroatoms. The van der Waals surface area contributed by atoms with Crippen LogP contribution in [0.15, 0.2) is 30.3 Å². The van der Waals surface area contributed by atoms with Gasteiger partial charge in [-0.2, -0.15) is 0 Å². The van der Waals surface area contributed by atoms with Crippen molar-refractivity contribution in [1.29, 1.82) is 0 Å². The molecule has 0 aliphatic carbocycles. The molecular formula is C15H10Cl2O4. The largest absolute Gasteiger partial charge is 0.478 e. The molecule has 0 aliphatic heterocycles. The van der Waals surface area contributed by atoms with Crippen LogP contribution in [0.1, 0.15) is 26.3 Å². The first-order valence-electron chi connectivity index (χ1n) is 5.88. The van der Waals surface area contributed by atoms with Crippen molar-refractivity contribution in [1.82, 2.24) is 0 Å². The van der Waals surface area contributed by atoms with E-state index >= 15 is 0 Å². The topological polar surface area (TPSA) is 74.6 Å². The van der Waals surface area contributed by atoms with Crippen molar-refractivity contribution in [3.05, 3.63) is 57.1 Å². The highest BCUT2D eigenvalue weighted by Crippen LogP contribution is 2.34. The van der Waals surface area contributed by atoms with E-state index in [4.69, 9.17) is 23.2 Å². The quantitative estimate of drug-likeness (QED) is 0.879. The number of carboxylic acid groups (broad SMARTS) is 2. The average Bonchev–Trinajstić information content (AvgIpc) is 2.40. The fourth-order valence-corrected chi connectivity index (χ4v) is 2.41. The van der Waals surface area contributed by atoms with Gasteiger partial charge in [0, 0.05) is 5.56 Å². The molecule has 0 radical (unpaired) electrons. The summed E-state index contributed by atoms with van der Waals surface area (Å²) in [5.41, 5.74) is 0.815. The minimum Gasteiger partial charge on any atom is -0.478 e. The Balaban J connectivity index is 2.86. The highest BCUT2D eigenvalue weighted by atomic mass is 35.5. The monoisotopic (exact) mass is 324 g/mol. The van der Waals surface area contributed by atoms with Crippen LogP contribution in [0.25, 0.3) is 11.1 Å². The Morgan fingerprint density at radius 3 is 2.14 bits per heavy atom. The Labute approximate surface area is 130 Å². The minimum atomic E-state index is -1.21. The molecule has 0 spiro atoms. The molecule has 0 saturated carbocycles. The van der Waals surface area contributed by atoms with Gasteiger partial charge in [0.15, 0.2) is 0 Å².